The van der Waals surface area contributed by atoms with Gasteiger partial charge < -0.3 is 0 Å². The molecule has 3 nitrogen and oxygen atoms in total. The van der Waals surface area contributed by atoms with E-state index in [0.717, 1.165) is 20.8 Å². The number of hydrogen-bond acceptors (Lipinski definition) is 2. The van der Waals surface area contributed by atoms with Crippen molar-refractivity contribution in [2.75, 3.05) is 0 Å². The second kappa shape index (κ2) is 5.32. The molecule has 0 bridgehead atoms. The first-order valence-electron chi connectivity index (χ1n) is 7.28. The molecule has 3 aromatic rings. The Morgan fingerprint density at radius 3 is 1.96 bits per heavy atom. The summed E-state index contributed by atoms with van der Waals surface area (Å²) in [6.07, 6.45) is 0. The Hall–Kier alpha value is -2.46. The second-order valence-corrected chi connectivity index (χ2v) is 6.35. The number of halogens is 1. The van der Waals surface area contributed by atoms with E-state index in [0.29, 0.717) is 11.1 Å². The van der Waals surface area contributed by atoms with Crippen molar-refractivity contribution in [1.82, 2.24) is 4.90 Å². The van der Waals surface area contributed by atoms with E-state index in [1.54, 1.807) is 24.3 Å². The van der Waals surface area contributed by atoms with Crippen LogP contribution in [0, 0.1) is 0 Å². The smallest absolute Gasteiger partial charge is 0.261 e. The summed E-state index contributed by atoms with van der Waals surface area (Å²) in [7, 11) is 0. The Morgan fingerprint density at radius 1 is 0.739 bits per heavy atom. The largest absolute Gasteiger partial charge is 0.270 e. The van der Waals surface area contributed by atoms with Gasteiger partial charge in [-0.1, -0.05) is 58.4 Å². The summed E-state index contributed by atoms with van der Waals surface area (Å²) < 4.78 is 0.999. The van der Waals surface area contributed by atoms with Crippen LogP contribution < -0.4 is 0 Å². The molecule has 2 amide bonds. The fraction of sp³-hybridized carbons (Fsp3) is 0.0526. The van der Waals surface area contributed by atoms with Gasteiger partial charge in [-0.3, -0.25) is 14.5 Å². The molecule has 23 heavy (non-hydrogen) atoms. The average molecular weight is 366 g/mol. The van der Waals surface area contributed by atoms with Gasteiger partial charge in [-0.2, -0.15) is 0 Å². The first-order chi connectivity index (χ1) is 11.2. The van der Waals surface area contributed by atoms with Crippen LogP contribution in [0.1, 0.15) is 26.3 Å². The van der Waals surface area contributed by atoms with E-state index in [4.69, 9.17) is 0 Å². The van der Waals surface area contributed by atoms with Crippen LogP contribution in [0.2, 0.25) is 0 Å². The zero-order valence-corrected chi connectivity index (χ0v) is 13.7. The summed E-state index contributed by atoms with van der Waals surface area (Å²) in [5.41, 5.74) is 1.93. The van der Waals surface area contributed by atoms with Crippen molar-refractivity contribution in [3.63, 3.8) is 0 Å². The Kier molecular flexibility index (Phi) is 3.27. The van der Waals surface area contributed by atoms with Gasteiger partial charge >= 0.3 is 0 Å². The maximum atomic E-state index is 12.5. The van der Waals surface area contributed by atoms with Crippen LogP contribution in [0.25, 0.3) is 10.8 Å². The van der Waals surface area contributed by atoms with Crippen LogP contribution in [0.5, 0.6) is 0 Å². The molecule has 4 heteroatoms. The first-order valence-corrected chi connectivity index (χ1v) is 8.07. The van der Waals surface area contributed by atoms with Crippen LogP contribution in [-0.2, 0) is 6.54 Å². The van der Waals surface area contributed by atoms with Crippen molar-refractivity contribution in [1.29, 1.82) is 0 Å². The van der Waals surface area contributed by atoms with Gasteiger partial charge in [-0.05, 0) is 34.5 Å². The molecule has 0 saturated heterocycles. The molecule has 0 radical (unpaired) electrons. The highest BCUT2D eigenvalue weighted by molar-refractivity contribution is 9.10. The lowest BCUT2D eigenvalue weighted by Gasteiger charge is -2.16. The molecule has 1 aliphatic heterocycles. The molecule has 0 fully saturated rings. The summed E-state index contributed by atoms with van der Waals surface area (Å²) in [6.45, 7) is 0.278. The van der Waals surface area contributed by atoms with Crippen molar-refractivity contribution in [2.24, 2.45) is 0 Å². The number of benzene rings is 3. The van der Waals surface area contributed by atoms with Crippen molar-refractivity contribution >= 4 is 38.5 Å². The van der Waals surface area contributed by atoms with Gasteiger partial charge in [-0.25, -0.2) is 0 Å². The first kappa shape index (κ1) is 14.2. The van der Waals surface area contributed by atoms with Gasteiger partial charge in [0.1, 0.15) is 0 Å². The molecule has 1 heterocycles. The van der Waals surface area contributed by atoms with Crippen molar-refractivity contribution in [3.05, 3.63) is 81.8 Å². The molecular formula is C19H12BrNO2. The van der Waals surface area contributed by atoms with Crippen LogP contribution >= 0.6 is 15.9 Å². The predicted molar refractivity (Wildman–Crippen MR) is 92.3 cm³/mol. The number of nitrogens with zero attached hydrogens (tertiary/aromatic N) is 1. The van der Waals surface area contributed by atoms with Gasteiger partial charge in [0.25, 0.3) is 11.8 Å². The third-order valence-electron chi connectivity index (χ3n) is 4.17. The minimum absolute atomic E-state index is 0.224. The molecule has 1 aliphatic rings. The maximum Gasteiger partial charge on any atom is 0.261 e. The quantitative estimate of drug-likeness (QED) is 0.631. The Morgan fingerprint density at radius 2 is 1.30 bits per heavy atom. The fourth-order valence-electron chi connectivity index (χ4n) is 3.02. The Labute approximate surface area is 141 Å². The zero-order valence-electron chi connectivity index (χ0n) is 12.1. The third-order valence-corrected chi connectivity index (χ3v) is 4.86. The standard InChI is InChI=1S/C19H12BrNO2/c20-17-10-9-12(13-5-1-2-6-14(13)17)11-21-18(22)15-7-3-4-8-16(15)19(21)23/h1-10H,11H2. The highest BCUT2D eigenvalue weighted by Gasteiger charge is 2.35. The molecule has 0 unspecified atom stereocenters. The monoisotopic (exact) mass is 365 g/mol. The van der Waals surface area contributed by atoms with Gasteiger partial charge in [0.15, 0.2) is 0 Å². The number of rotatable bonds is 2. The molecule has 0 aromatic heterocycles. The molecule has 3 aromatic carbocycles. The topological polar surface area (TPSA) is 37.4 Å². The number of fused-ring (bicyclic) bond motifs is 2. The maximum absolute atomic E-state index is 12.5. The lowest BCUT2D eigenvalue weighted by molar-refractivity contribution is 0.0643. The highest BCUT2D eigenvalue weighted by atomic mass is 79.9. The normalized spacial score (nSPS) is 13.7. The number of hydrogen-bond donors (Lipinski definition) is 0. The van der Waals surface area contributed by atoms with Crippen molar-refractivity contribution < 1.29 is 9.59 Å². The van der Waals surface area contributed by atoms with E-state index in [2.05, 4.69) is 15.9 Å². The minimum Gasteiger partial charge on any atom is -0.270 e. The average Bonchev–Trinajstić information content (AvgIpc) is 2.83. The molecule has 0 aliphatic carbocycles. The molecule has 4 rings (SSSR count). The van der Waals surface area contributed by atoms with E-state index >= 15 is 0 Å². The number of carbonyl (C=O) groups excluding carboxylic acids is 2. The van der Waals surface area contributed by atoms with Crippen LogP contribution in [0.15, 0.2) is 65.1 Å². The van der Waals surface area contributed by atoms with Gasteiger partial charge in [0.05, 0.1) is 17.7 Å². The van der Waals surface area contributed by atoms with E-state index < -0.39 is 0 Å². The summed E-state index contributed by atoms with van der Waals surface area (Å²) in [5.74, 6) is -0.449. The predicted octanol–water partition coefficient (Wildman–Crippen LogP) is 4.40. The second-order valence-electron chi connectivity index (χ2n) is 5.49. The van der Waals surface area contributed by atoms with E-state index in [9.17, 15) is 9.59 Å². The third kappa shape index (κ3) is 2.18. The molecule has 112 valence electrons. The van der Waals surface area contributed by atoms with Gasteiger partial charge in [0, 0.05) is 4.47 Å². The van der Waals surface area contributed by atoms with Crippen LogP contribution in [0.4, 0.5) is 0 Å². The van der Waals surface area contributed by atoms with Crippen molar-refractivity contribution in [2.45, 2.75) is 6.54 Å². The Balaban J connectivity index is 1.77. The Bertz CT molecular complexity index is 929. The fourth-order valence-corrected chi connectivity index (χ4v) is 3.49. The van der Waals surface area contributed by atoms with Gasteiger partial charge in [-0.15, -0.1) is 0 Å². The molecule has 0 N–H and O–H groups in total. The SMILES string of the molecule is O=C1c2ccccc2C(=O)N1Cc1ccc(Br)c2ccccc12. The van der Waals surface area contributed by atoms with Crippen LogP contribution in [0.3, 0.4) is 0 Å². The lowest BCUT2D eigenvalue weighted by Crippen LogP contribution is -2.29. The van der Waals surface area contributed by atoms with Gasteiger partial charge in [0.2, 0.25) is 0 Å². The number of amides is 2. The molecule has 0 spiro atoms. The summed E-state index contributed by atoms with van der Waals surface area (Å²) in [6, 6.07) is 18.8. The summed E-state index contributed by atoms with van der Waals surface area (Å²) in [4.78, 5) is 26.3. The van der Waals surface area contributed by atoms with E-state index in [1.165, 1.54) is 4.90 Å². The molecule has 0 saturated carbocycles. The molecule has 0 atom stereocenters. The zero-order chi connectivity index (χ0) is 16.0. The van der Waals surface area contributed by atoms with Crippen molar-refractivity contribution in [3.8, 4) is 0 Å². The lowest BCUT2D eigenvalue weighted by atomic mass is 10.0. The minimum atomic E-state index is -0.224. The highest BCUT2D eigenvalue weighted by Crippen LogP contribution is 2.30. The van der Waals surface area contributed by atoms with Crippen LogP contribution in [-0.4, -0.2) is 16.7 Å². The molecular weight excluding hydrogens is 354 g/mol. The summed E-state index contributed by atoms with van der Waals surface area (Å²) in [5, 5.41) is 2.11. The summed E-state index contributed by atoms with van der Waals surface area (Å²) >= 11 is 3.54. The van der Waals surface area contributed by atoms with E-state index in [-0.39, 0.29) is 18.4 Å². The van der Waals surface area contributed by atoms with E-state index in [1.807, 2.05) is 36.4 Å². The number of imide groups is 1. The number of carbonyl (C=O) groups is 2.